The average molecular weight is 1280 g/mol. The van der Waals surface area contributed by atoms with Crippen LogP contribution in [0.4, 0.5) is 17.6 Å². The van der Waals surface area contributed by atoms with Crippen LogP contribution in [0.3, 0.4) is 0 Å². The lowest BCUT2D eigenvalue weighted by Gasteiger charge is -2.28. The van der Waals surface area contributed by atoms with Crippen LogP contribution in [0.5, 0.6) is 0 Å². The van der Waals surface area contributed by atoms with Crippen LogP contribution in [0.25, 0.3) is 43.5 Å². The first-order valence-corrected chi connectivity index (χ1v) is 29.5. The highest BCUT2D eigenvalue weighted by Gasteiger charge is 2.61. The fourth-order valence-electron chi connectivity index (χ4n) is 12.0. The third-order valence-electron chi connectivity index (χ3n) is 16.5. The van der Waals surface area contributed by atoms with Gasteiger partial charge in [-0.15, -0.1) is 11.3 Å². The van der Waals surface area contributed by atoms with Crippen molar-refractivity contribution in [3.05, 3.63) is 282 Å². The van der Waals surface area contributed by atoms with Crippen LogP contribution in [0, 0.1) is 68.6 Å². The minimum atomic E-state index is -2.85. The van der Waals surface area contributed by atoms with Gasteiger partial charge in [0.05, 0.1) is 11.4 Å². The van der Waals surface area contributed by atoms with Crippen molar-refractivity contribution in [2.75, 3.05) is 0 Å². The number of halogens is 4. The number of nitriles is 4. The summed E-state index contributed by atoms with van der Waals surface area (Å²) in [6, 6.07) is 48.5. The Labute approximate surface area is 539 Å². The summed E-state index contributed by atoms with van der Waals surface area (Å²) >= 11 is 1.13. The van der Waals surface area contributed by atoms with Gasteiger partial charge in [0.2, 0.25) is 22.4 Å². The van der Waals surface area contributed by atoms with Crippen molar-refractivity contribution in [1.29, 1.82) is 21.0 Å². The molecule has 21 heteroatoms. The second-order valence-electron chi connectivity index (χ2n) is 21.9. The Bertz CT molecular complexity index is 4830. The van der Waals surface area contributed by atoms with Crippen molar-refractivity contribution in [1.82, 2.24) is 0 Å². The third kappa shape index (κ3) is 10.2. The number of thiophene rings is 1. The minimum absolute atomic E-state index is 0.108. The largest absolute Gasteiger partial charge is 0.459 e. The molecule has 0 atom stereocenters. The average Bonchev–Trinajstić information content (AvgIpc) is 1.57. The number of esters is 4. The van der Waals surface area contributed by atoms with E-state index in [1.54, 1.807) is 158 Å². The number of fused-ring (bicyclic) bond motifs is 7. The molecule has 0 amide bonds. The van der Waals surface area contributed by atoms with Crippen molar-refractivity contribution < 1.29 is 65.3 Å². The van der Waals surface area contributed by atoms with Gasteiger partial charge >= 0.3 is 23.9 Å². The molecule has 4 aliphatic rings. The van der Waals surface area contributed by atoms with Crippen LogP contribution in [0.1, 0.15) is 76.4 Å². The Morgan fingerprint density at radius 2 is 0.695 bits per heavy atom. The molecule has 8 aromatic carbocycles. The SMILES string of the molecule is N#CC(C#N)=C1C(=NC2=Cc3cc4sc5cc6c(cc5c4cc3C2(C(=O)OCc2ccccc2)C(=O)OCc2ccccc2)C(C(=O)OCc2ccccc2)(C(=O)OCc2ccccc2)C(N=C2C(=O)c3cc(F)c(F)cc3C2=C(C#N)C#N)=C6)C(=O)c2cc(F)c(F)cc21. The molecule has 9 aromatic rings. The van der Waals surface area contributed by atoms with Gasteiger partial charge in [0.25, 0.3) is 0 Å². The molecule has 0 fully saturated rings. The Morgan fingerprint density at radius 1 is 0.411 bits per heavy atom. The first-order valence-electron chi connectivity index (χ1n) is 28.7. The maximum atomic E-state index is 15.8. The second kappa shape index (κ2) is 24.4. The maximum Gasteiger partial charge on any atom is 0.334 e. The number of ketones is 2. The molecule has 1 heterocycles. The van der Waals surface area contributed by atoms with Gasteiger partial charge in [-0.2, -0.15) is 21.0 Å². The molecule has 0 spiro atoms. The molecule has 1 aromatic heterocycles. The third-order valence-corrected chi connectivity index (χ3v) is 17.6. The zero-order chi connectivity index (χ0) is 66.4. The fourth-order valence-corrected chi connectivity index (χ4v) is 13.2. The van der Waals surface area contributed by atoms with E-state index < -0.39 is 152 Å². The zero-order valence-corrected chi connectivity index (χ0v) is 49.7. The molecule has 0 radical (unpaired) electrons. The van der Waals surface area contributed by atoms with Gasteiger partial charge in [0, 0.05) is 53.6 Å². The maximum absolute atomic E-state index is 15.8. The number of hydrogen-bond acceptors (Lipinski definition) is 17. The fraction of sp³-hybridized carbons (Fsp3) is 0.0811. The lowest BCUT2D eigenvalue weighted by molar-refractivity contribution is -0.166. The molecule has 0 saturated carbocycles. The van der Waals surface area contributed by atoms with Gasteiger partial charge in [-0.25, -0.2) is 27.5 Å². The molecular weight excluding hydrogens is 1240 g/mol. The second-order valence-corrected chi connectivity index (χ2v) is 23.0. The van der Waals surface area contributed by atoms with Crippen LogP contribution < -0.4 is 0 Å². The Hall–Kier alpha value is -12.8. The van der Waals surface area contributed by atoms with Crippen molar-refractivity contribution >= 4 is 102 Å². The summed E-state index contributed by atoms with van der Waals surface area (Å²) in [5, 5.41) is 41.6. The van der Waals surface area contributed by atoms with Crippen LogP contribution in [-0.4, -0.2) is 46.9 Å². The first-order chi connectivity index (χ1) is 46.0. The number of hydrogen-bond donors (Lipinski definition) is 0. The Kier molecular flexibility index (Phi) is 15.7. The summed E-state index contributed by atoms with van der Waals surface area (Å²) in [7, 11) is 0. The van der Waals surface area contributed by atoms with Gasteiger partial charge in [0.15, 0.2) is 23.3 Å². The Balaban J connectivity index is 1.06. The molecule has 0 unspecified atom stereocenters. The van der Waals surface area contributed by atoms with E-state index in [9.17, 15) is 30.6 Å². The van der Waals surface area contributed by atoms with E-state index in [1.807, 2.05) is 0 Å². The lowest BCUT2D eigenvalue weighted by Crippen LogP contribution is -2.46. The number of allylic oxidation sites excluding steroid dienone is 4. The smallest absolute Gasteiger partial charge is 0.334 e. The highest BCUT2D eigenvalue weighted by atomic mass is 32.1. The van der Waals surface area contributed by atoms with Gasteiger partial charge in [0.1, 0.15) is 73.3 Å². The molecule has 0 N–H and O–H groups in total. The summed E-state index contributed by atoms with van der Waals surface area (Å²) in [5.41, 5.74) is -10.9. The number of ether oxygens (including phenoxy) is 4. The van der Waals surface area contributed by atoms with Crippen LogP contribution >= 0.6 is 11.3 Å². The number of rotatable bonds is 14. The predicted octanol–water partition coefficient (Wildman–Crippen LogP) is 13.0. The number of Topliss-reactive ketones (excluding diaryl/α,β-unsaturated/α-hetero) is 2. The quantitative estimate of drug-likeness (QED) is 0.0322. The highest BCUT2D eigenvalue weighted by Crippen LogP contribution is 2.53. The van der Waals surface area contributed by atoms with Gasteiger partial charge in [-0.05, 0) is 105 Å². The van der Waals surface area contributed by atoms with Crippen molar-refractivity contribution in [3.8, 4) is 24.3 Å². The van der Waals surface area contributed by atoms with E-state index in [4.69, 9.17) is 18.9 Å². The van der Waals surface area contributed by atoms with Crippen molar-refractivity contribution in [3.63, 3.8) is 0 Å². The van der Waals surface area contributed by atoms with E-state index in [0.717, 1.165) is 11.3 Å². The van der Waals surface area contributed by atoms with Gasteiger partial charge < -0.3 is 18.9 Å². The number of carbonyl (C=O) groups is 6. The van der Waals surface area contributed by atoms with E-state index in [2.05, 4.69) is 9.98 Å². The van der Waals surface area contributed by atoms with Crippen molar-refractivity contribution in [2.24, 2.45) is 9.98 Å². The molecular formula is C74H38F4N6O10S. The Morgan fingerprint density at radius 3 is 0.979 bits per heavy atom. The topological polar surface area (TPSA) is 259 Å². The number of nitrogens with zero attached hydrogens (tertiary/aromatic N) is 6. The highest BCUT2D eigenvalue weighted by molar-refractivity contribution is 7.25. The monoisotopic (exact) mass is 1280 g/mol. The molecule has 0 bridgehead atoms. The summed E-state index contributed by atoms with van der Waals surface area (Å²) in [4.78, 5) is 102. The van der Waals surface area contributed by atoms with Gasteiger partial charge in [-0.1, -0.05) is 121 Å². The van der Waals surface area contributed by atoms with E-state index >= 15 is 36.7 Å². The molecule has 13 rings (SSSR count). The summed E-state index contributed by atoms with van der Waals surface area (Å²) in [6.07, 6.45) is 2.58. The number of benzene rings is 8. The van der Waals surface area contributed by atoms with Crippen molar-refractivity contribution in [2.45, 2.75) is 37.3 Å². The zero-order valence-electron chi connectivity index (χ0n) is 48.8. The lowest BCUT2D eigenvalue weighted by atomic mass is 9.78. The molecule has 4 aliphatic carbocycles. The normalized spacial score (nSPS) is 15.2. The first kappa shape index (κ1) is 61.1. The molecule has 0 aliphatic heterocycles. The predicted molar refractivity (Wildman–Crippen MR) is 336 cm³/mol. The standard InChI is InChI=1S/C74H38F4N6O10S/c75-55-27-49-51(29-57(55)77)67(85)65(63(49)45(31-79)32-80)83-61-23-43-21-59-47(25-53(43)73(61,69(87)91-35-39-13-5-1-6-14-39)70(88)92-36-40-15-7-2-8-16-40)48-26-54-44(22-60(48)95-59)24-62(84-66-64(46(33-81)34-82)50-28-56(76)58(78)30-52(50)68(66)86)74(54,71(89)93-37-41-17-9-3-10-18-41)72(90)94-38-42-19-11-4-12-20-42/h1-30H,35-38H2. The van der Waals surface area contributed by atoms with Crippen LogP contribution in [0.2, 0.25) is 0 Å². The summed E-state index contributed by atoms with van der Waals surface area (Å²) < 4.78 is 85.5. The van der Waals surface area contributed by atoms with Crippen LogP contribution in [0.15, 0.2) is 202 Å². The van der Waals surface area contributed by atoms with E-state index in [0.29, 0.717) is 55.9 Å². The summed E-state index contributed by atoms with van der Waals surface area (Å²) in [6.45, 7) is -1.82. The summed E-state index contributed by atoms with van der Waals surface area (Å²) in [5.74, 6) is -13.3. The molecule has 0 saturated heterocycles. The van der Waals surface area contributed by atoms with Crippen LogP contribution in [-0.2, 0) is 75.4 Å². The van der Waals surface area contributed by atoms with E-state index in [-0.39, 0.29) is 44.2 Å². The molecule has 458 valence electrons. The number of aliphatic imine (C=N–C) groups is 2. The van der Waals surface area contributed by atoms with Gasteiger partial charge in [-0.3, -0.25) is 28.8 Å². The molecule has 95 heavy (non-hydrogen) atoms. The number of carbonyl (C=O) groups excluding carboxylic acids is 6. The minimum Gasteiger partial charge on any atom is -0.459 e. The van der Waals surface area contributed by atoms with E-state index in [1.165, 1.54) is 24.3 Å². The molecule has 16 nitrogen and oxygen atoms in total.